The number of benzene rings is 1. The molecule has 0 radical (unpaired) electrons. The predicted molar refractivity (Wildman–Crippen MR) is 141 cm³/mol. The Hall–Kier alpha value is -5.02. The highest BCUT2D eigenvalue weighted by molar-refractivity contribution is 5.75. The van der Waals surface area contributed by atoms with Crippen molar-refractivity contribution in [2.24, 2.45) is 7.05 Å². The Morgan fingerprint density at radius 1 is 1.05 bits per heavy atom. The molecule has 0 aliphatic heterocycles. The molecule has 0 bridgehead atoms. The first kappa shape index (κ1) is 28.1. The highest BCUT2D eigenvalue weighted by Crippen LogP contribution is 2.45. The van der Waals surface area contributed by atoms with Crippen LogP contribution in [0.1, 0.15) is 41.4 Å². The van der Waals surface area contributed by atoms with Crippen LogP contribution in [0, 0.1) is 6.92 Å². The van der Waals surface area contributed by atoms with Crippen molar-refractivity contribution in [1.29, 1.82) is 0 Å². The summed E-state index contributed by atoms with van der Waals surface area (Å²) in [4.78, 5) is 42.9. The molecule has 11 nitrogen and oxygen atoms in total. The van der Waals surface area contributed by atoms with E-state index in [1.807, 2.05) is 0 Å². The Morgan fingerprint density at radius 2 is 1.77 bits per heavy atom. The second kappa shape index (κ2) is 10.4. The fourth-order valence-electron chi connectivity index (χ4n) is 4.77. The smallest absolute Gasteiger partial charge is 0.416 e. The van der Waals surface area contributed by atoms with Crippen LogP contribution in [0.15, 0.2) is 52.4 Å². The Bertz CT molecular complexity index is 1980. The standard InChI is InChI=1S/C27H21F5N8O3/c1-13-9-18(27(30,31)32)37-40(13)16-7-3-14(4-8-16)11-39-22-17(38(2)24(41)25(39)42)10-33-21(36-22)19-20(15-5-6-15)34-12-35-23(19)43-26(28)29/h3-4,7-10,12,15,26H,5-6,11H2,1-2H3. The third-order valence-corrected chi connectivity index (χ3v) is 7.03. The lowest BCUT2D eigenvalue weighted by Gasteiger charge is -2.15. The van der Waals surface area contributed by atoms with E-state index in [1.54, 1.807) is 12.1 Å². The first-order chi connectivity index (χ1) is 20.4. The van der Waals surface area contributed by atoms with E-state index in [2.05, 4.69) is 29.8 Å². The van der Waals surface area contributed by atoms with E-state index in [1.165, 1.54) is 32.3 Å². The number of hydrogen-bond acceptors (Lipinski definition) is 8. The molecule has 0 amide bonds. The molecule has 5 aromatic rings. The zero-order valence-electron chi connectivity index (χ0n) is 22.5. The largest absolute Gasteiger partial charge is 0.435 e. The third kappa shape index (κ3) is 5.23. The van der Waals surface area contributed by atoms with Crippen molar-refractivity contribution in [3.63, 3.8) is 0 Å². The van der Waals surface area contributed by atoms with Gasteiger partial charge in [-0.05, 0) is 43.5 Å². The molecule has 0 spiro atoms. The number of alkyl halides is 5. The van der Waals surface area contributed by atoms with Crippen LogP contribution < -0.4 is 15.9 Å². The molecule has 43 heavy (non-hydrogen) atoms. The molecule has 0 unspecified atom stereocenters. The molecule has 0 atom stereocenters. The van der Waals surface area contributed by atoms with Gasteiger partial charge in [-0.3, -0.25) is 14.2 Å². The van der Waals surface area contributed by atoms with Crippen LogP contribution in [0.5, 0.6) is 5.88 Å². The SMILES string of the molecule is Cc1cc(C(F)(F)F)nn1-c1ccc(Cn2c(=O)c(=O)n(C)c3cnc(-c4c(OC(F)F)ncnc4C4CC4)nc32)cc1. The molecule has 6 rings (SSSR count). The van der Waals surface area contributed by atoms with Crippen LogP contribution in [0.25, 0.3) is 28.2 Å². The average molecular weight is 601 g/mol. The second-order valence-corrected chi connectivity index (χ2v) is 10.00. The first-order valence-corrected chi connectivity index (χ1v) is 12.9. The van der Waals surface area contributed by atoms with Gasteiger partial charge in [-0.2, -0.15) is 27.1 Å². The van der Waals surface area contributed by atoms with Crippen molar-refractivity contribution in [1.82, 2.24) is 38.9 Å². The van der Waals surface area contributed by atoms with Gasteiger partial charge in [0.1, 0.15) is 17.4 Å². The number of hydrogen-bond donors (Lipinski definition) is 0. The molecule has 0 N–H and O–H groups in total. The molecular weight excluding hydrogens is 579 g/mol. The Morgan fingerprint density at radius 3 is 2.40 bits per heavy atom. The van der Waals surface area contributed by atoms with Crippen molar-refractivity contribution in [2.75, 3.05) is 0 Å². The van der Waals surface area contributed by atoms with E-state index in [-0.39, 0.29) is 40.7 Å². The first-order valence-electron chi connectivity index (χ1n) is 12.9. The Kier molecular flexibility index (Phi) is 6.77. The summed E-state index contributed by atoms with van der Waals surface area (Å²) < 4.78 is 73.8. The van der Waals surface area contributed by atoms with Crippen LogP contribution in [0.3, 0.4) is 0 Å². The third-order valence-electron chi connectivity index (χ3n) is 7.03. The van der Waals surface area contributed by atoms with Gasteiger partial charge in [0.25, 0.3) is 0 Å². The molecule has 1 aromatic carbocycles. The van der Waals surface area contributed by atoms with Gasteiger partial charge in [0.15, 0.2) is 17.2 Å². The van der Waals surface area contributed by atoms with Gasteiger partial charge in [0.05, 0.1) is 24.1 Å². The number of ether oxygens (including phenoxy) is 1. The van der Waals surface area contributed by atoms with E-state index in [9.17, 15) is 31.5 Å². The zero-order valence-corrected chi connectivity index (χ0v) is 22.5. The lowest BCUT2D eigenvalue weighted by Crippen LogP contribution is -2.41. The van der Waals surface area contributed by atoms with E-state index in [4.69, 9.17) is 0 Å². The molecule has 0 saturated heterocycles. The number of nitrogens with zero attached hydrogens (tertiary/aromatic N) is 8. The predicted octanol–water partition coefficient (Wildman–Crippen LogP) is 3.99. The average Bonchev–Trinajstić information content (AvgIpc) is 3.74. The maximum Gasteiger partial charge on any atom is 0.435 e. The van der Waals surface area contributed by atoms with E-state index < -0.39 is 35.5 Å². The molecule has 1 saturated carbocycles. The lowest BCUT2D eigenvalue weighted by atomic mass is 10.1. The minimum atomic E-state index is -4.60. The summed E-state index contributed by atoms with van der Waals surface area (Å²) in [5.41, 5.74) is -0.921. The van der Waals surface area contributed by atoms with Gasteiger partial charge in [0, 0.05) is 18.7 Å². The maximum atomic E-state index is 13.2. The van der Waals surface area contributed by atoms with Crippen LogP contribution in [0.4, 0.5) is 22.0 Å². The zero-order chi connectivity index (χ0) is 30.6. The molecule has 16 heteroatoms. The monoisotopic (exact) mass is 600 g/mol. The molecule has 1 aliphatic rings. The van der Waals surface area contributed by atoms with Gasteiger partial charge in [0.2, 0.25) is 5.88 Å². The Labute approximate surface area is 238 Å². The van der Waals surface area contributed by atoms with Crippen molar-refractivity contribution in [3.05, 3.63) is 86.2 Å². The van der Waals surface area contributed by atoms with Crippen molar-refractivity contribution < 1.29 is 26.7 Å². The van der Waals surface area contributed by atoms with Gasteiger partial charge in [-0.25, -0.2) is 24.6 Å². The topological polar surface area (TPSA) is 123 Å². The number of aromatic nitrogens is 8. The second-order valence-electron chi connectivity index (χ2n) is 10.00. The van der Waals surface area contributed by atoms with E-state index in [0.717, 1.165) is 39.1 Å². The maximum absolute atomic E-state index is 13.2. The summed E-state index contributed by atoms with van der Waals surface area (Å²) in [5, 5.41) is 3.64. The molecular formula is C27H21F5N8O3. The number of aryl methyl sites for hydroxylation is 2. The van der Waals surface area contributed by atoms with Gasteiger partial charge in [-0.15, -0.1) is 0 Å². The van der Waals surface area contributed by atoms with Gasteiger partial charge < -0.3 is 9.30 Å². The minimum Gasteiger partial charge on any atom is -0.416 e. The molecule has 222 valence electrons. The summed E-state index contributed by atoms with van der Waals surface area (Å²) in [6.07, 6.45) is -0.635. The lowest BCUT2D eigenvalue weighted by molar-refractivity contribution is -0.141. The summed E-state index contributed by atoms with van der Waals surface area (Å²) >= 11 is 0. The fourth-order valence-corrected chi connectivity index (χ4v) is 4.77. The minimum absolute atomic E-state index is 0.0243. The normalized spacial score (nSPS) is 13.7. The highest BCUT2D eigenvalue weighted by Gasteiger charge is 2.35. The fraction of sp³-hybridized carbons (Fsp3) is 0.296. The quantitative estimate of drug-likeness (QED) is 0.203. The van der Waals surface area contributed by atoms with Crippen LogP contribution >= 0.6 is 0 Å². The number of halogens is 5. The molecule has 1 aliphatic carbocycles. The van der Waals surface area contributed by atoms with E-state index >= 15 is 0 Å². The summed E-state index contributed by atoms with van der Waals surface area (Å²) in [5.74, 6) is -0.505. The summed E-state index contributed by atoms with van der Waals surface area (Å²) in [6.45, 7) is -1.83. The van der Waals surface area contributed by atoms with Crippen molar-refractivity contribution in [3.8, 4) is 23.0 Å². The van der Waals surface area contributed by atoms with E-state index in [0.29, 0.717) is 16.9 Å². The van der Waals surface area contributed by atoms with Crippen molar-refractivity contribution >= 4 is 11.2 Å². The highest BCUT2D eigenvalue weighted by atomic mass is 19.4. The van der Waals surface area contributed by atoms with Crippen LogP contribution in [0.2, 0.25) is 0 Å². The van der Waals surface area contributed by atoms with Crippen LogP contribution in [-0.2, 0) is 19.8 Å². The van der Waals surface area contributed by atoms with Gasteiger partial charge in [-0.1, -0.05) is 12.1 Å². The number of fused-ring (bicyclic) bond motifs is 1. The van der Waals surface area contributed by atoms with Gasteiger partial charge >= 0.3 is 23.9 Å². The summed E-state index contributed by atoms with van der Waals surface area (Å²) in [6, 6.07) is 7.14. The van der Waals surface area contributed by atoms with Crippen LogP contribution in [-0.4, -0.2) is 45.5 Å². The summed E-state index contributed by atoms with van der Waals surface area (Å²) in [7, 11) is 1.38. The molecule has 1 fully saturated rings. The Balaban J connectivity index is 1.44. The molecule has 4 aromatic heterocycles. The van der Waals surface area contributed by atoms with Crippen molar-refractivity contribution in [2.45, 2.75) is 45.0 Å². The molecule has 4 heterocycles. The number of rotatable bonds is 7.